The van der Waals surface area contributed by atoms with E-state index in [2.05, 4.69) is 14.8 Å². The highest BCUT2D eigenvalue weighted by Crippen LogP contribution is 2.25. The molecule has 0 spiro atoms. The third-order valence-electron chi connectivity index (χ3n) is 6.03. The maximum atomic E-state index is 13.9. The van der Waals surface area contributed by atoms with Gasteiger partial charge in [0.05, 0.1) is 6.54 Å². The van der Waals surface area contributed by atoms with E-state index >= 15 is 0 Å². The molecular weight excluding hydrogens is 333 g/mol. The molecule has 0 N–H and O–H groups in total. The topological polar surface area (TPSA) is 42.9 Å². The van der Waals surface area contributed by atoms with Gasteiger partial charge in [0.2, 0.25) is 5.91 Å². The number of amides is 1. The number of hydrogen-bond donors (Lipinski definition) is 0. The van der Waals surface area contributed by atoms with Gasteiger partial charge in [-0.25, -0.2) is 9.37 Å². The molecule has 1 aromatic rings. The molecule has 3 fully saturated rings. The van der Waals surface area contributed by atoms with Gasteiger partial charge in [-0.2, -0.15) is 0 Å². The van der Waals surface area contributed by atoms with Gasteiger partial charge >= 0.3 is 0 Å². The lowest BCUT2D eigenvalue weighted by atomic mass is 9.91. The molecule has 0 atom stereocenters. The summed E-state index contributed by atoms with van der Waals surface area (Å²) in [6.45, 7) is 7.16. The Morgan fingerprint density at radius 2 is 1.81 bits per heavy atom. The first kappa shape index (κ1) is 17.7. The maximum Gasteiger partial charge on any atom is 0.236 e. The van der Waals surface area contributed by atoms with Crippen LogP contribution >= 0.6 is 0 Å². The standard InChI is InChI=1S/C19H28FN5O/c20-17-5-2-6-21-19(17)25-9-7-22(8-10-25)15-18(26)24-13-11-23(12-14-24)16-3-1-4-16/h2,5-6,16H,1,3-4,7-15H2. The van der Waals surface area contributed by atoms with E-state index in [1.54, 1.807) is 12.3 Å². The molecule has 0 unspecified atom stereocenters. The van der Waals surface area contributed by atoms with Crippen LogP contribution in [0.2, 0.25) is 0 Å². The van der Waals surface area contributed by atoms with Crippen LogP contribution in [-0.4, -0.2) is 90.5 Å². The minimum atomic E-state index is -0.277. The molecule has 0 bridgehead atoms. The highest BCUT2D eigenvalue weighted by molar-refractivity contribution is 5.78. The number of halogens is 1. The predicted octanol–water partition coefficient (Wildman–Crippen LogP) is 1.04. The monoisotopic (exact) mass is 361 g/mol. The van der Waals surface area contributed by atoms with Crippen LogP contribution in [0.4, 0.5) is 10.2 Å². The number of aromatic nitrogens is 1. The molecule has 1 aromatic heterocycles. The molecule has 26 heavy (non-hydrogen) atoms. The van der Waals surface area contributed by atoms with Crippen molar-refractivity contribution in [1.29, 1.82) is 0 Å². The number of carbonyl (C=O) groups is 1. The van der Waals surface area contributed by atoms with Gasteiger partial charge in [-0.05, 0) is 25.0 Å². The fraction of sp³-hybridized carbons (Fsp3) is 0.684. The summed E-state index contributed by atoms with van der Waals surface area (Å²) in [5.74, 6) is 0.377. The number of pyridine rings is 1. The Morgan fingerprint density at radius 1 is 1.08 bits per heavy atom. The first-order valence-electron chi connectivity index (χ1n) is 9.80. The molecule has 7 heteroatoms. The van der Waals surface area contributed by atoms with Crippen LogP contribution in [0.1, 0.15) is 19.3 Å². The number of anilines is 1. The zero-order valence-corrected chi connectivity index (χ0v) is 15.3. The van der Waals surface area contributed by atoms with Crippen molar-refractivity contribution < 1.29 is 9.18 Å². The Bertz CT molecular complexity index is 622. The number of hydrogen-bond acceptors (Lipinski definition) is 5. The van der Waals surface area contributed by atoms with Crippen molar-refractivity contribution >= 4 is 11.7 Å². The van der Waals surface area contributed by atoms with E-state index in [1.807, 2.05) is 9.80 Å². The molecule has 6 nitrogen and oxygen atoms in total. The third-order valence-corrected chi connectivity index (χ3v) is 6.03. The van der Waals surface area contributed by atoms with E-state index in [-0.39, 0.29) is 11.7 Å². The van der Waals surface area contributed by atoms with Crippen LogP contribution in [0.25, 0.3) is 0 Å². The summed E-state index contributed by atoms with van der Waals surface area (Å²) < 4.78 is 13.9. The summed E-state index contributed by atoms with van der Waals surface area (Å²) in [5, 5.41) is 0. The summed E-state index contributed by atoms with van der Waals surface area (Å²) in [4.78, 5) is 25.5. The molecule has 142 valence electrons. The van der Waals surface area contributed by atoms with Gasteiger partial charge < -0.3 is 9.80 Å². The quantitative estimate of drug-likeness (QED) is 0.802. The first-order valence-corrected chi connectivity index (χ1v) is 9.80. The van der Waals surface area contributed by atoms with Gasteiger partial charge in [-0.1, -0.05) is 6.42 Å². The second-order valence-corrected chi connectivity index (χ2v) is 7.57. The van der Waals surface area contributed by atoms with Gasteiger partial charge in [0.1, 0.15) is 0 Å². The minimum absolute atomic E-state index is 0.232. The van der Waals surface area contributed by atoms with Gasteiger partial charge in [0.15, 0.2) is 11.6 Å². The van der Waals surface area contributed by atoms with Gasteiger partial charge in [-0.3, -0.25) is 14.6 Å². The lowest BCUT2D eigenvalue weighted by Crippen LogP contribution is -2.56. The van der Waals surface area contributed by atoms with E-state index in [4.69, 9.17) is 0 Å². The van der Waals surface area contributed by atoms with Crippen LogP contribution in [0.5, 0.6) is 0 Å². The Morgan fingerprint density at radius 3 is 2.42 bits per heavy atom. The Labute approximate surface area is 154 Å². The Balaban J connectivity index is 1.22. The van der Waals surface area contributed by atoms with Crippen molar-refractivity contribution in [1.82, 2.24) is 19.7 Å². The highest BCUT2D eigenvalue weighted by atomic mass is 19.1. The van der Waals surface area contributed by atoms with Crippen LogP contribution in [0.3, 0.4) is 0 Å². The van der Waals surface area contributed by atoms with Crippen LogP contribution in [0.15, 0.2) is 18.3 Å². The van der Waals surface area contributed by atoms with Crippen molar-refractivity contribution in [3.8, 4) is 0 Å². The van der Waals surface area contributed by atoms with E-state index in [9.17, 15) is 9.18 Å². The molecule has 0 aromatic carbocycles. The second-order valence-electron chi connectivity index (χ2n) is 7.57. The average molecular weight is 361 g/mol. The maximum absolute atomic E-state index is 13.9. The molecule has 0 radical (unpaired) electrons. The van der Waals surface area contributed by atoms with Gasteiger partial charge in [0, 0.05) is 64.6 Å². The Hall–Kier alpha value is -1.73. The predicted molar refractivity (Wildman–Crippen MR) is 98.6 cm³/mol. The van der Waals surface area contributed by atoms with E-state index in [1.165, 1.54) is 25.3 Å². The number of nitrogens with zero attached hydrogens (tertiary/aromatic N) is 5. The summed E-state index contributed by atoms with van der Waals surface area (Å²) in [6.07, 6.45) is 5.64. The second kappa shape index (κ2) is 7.88. The zero-order valence-electron chi connectivity index (χ0n) is 15.3. The van der Waals surface area contributed by atoms with E-state index in [0.29, 0.717) is 25.5 Å². The molecule has 1 amide bonds. The van der Waals surface area contributed by atoms with Crippen molar-refractivity contribution in [2.75, 3.05) is 63.8 Å². The Kier molecular flexibility index (Phi) is 5.36. The lowest BCUT2D eigenvalue weighted by molar-refractivity contribution is -0.134. The molecular formula is C19H28FN5O. The zero-order chi connectivity index (χ0) is 17.9. The molecule has 2 aliphatic heterocycles. The highest BCUT2D eigenvalue weighted by Gasteiger charge is 2.30. The lowest BCUT2D eigenvalue weighted by Gasteiger charge is -2.43. The number of piperazine rings is 2. The van der Waals surface area contributed by atoms with Crippen molar-refractivity contribution in [3.63, 3.8) is 0 Å². The molecule has 3 aliphatic rings. The fourth-order valence-corrected chi connectivity index (χ4v) is 4.11. The van der Waals surface area contributed by atoms with Gasteiger partial charge in [0.25, 0.3) is 0 Å². The van der Waals surface area contributed by atoms with Crippen LogP contribution < -0.4 is 4.90 Å². The summed E-state index contributed by atoms with van der Waals surface area (Å²) in [7, 11) is 0. The molecule has 3 heterocycles. The SMILES string of the molecule is O=C(CN1CCN(c2ncccc2F)CC1)N1CCN(C2CCC2)CC1. The summed E-state index contributed by atoms with van der Waals surface area (Å²) >= 11 is 0. The minimum Gasteiger partial charge on any atom is -0.352 e. The fourth-order valence-electron chi connectivity index (χ4n) is 4.11. The largest absolute Gasteiger partial charge is 0.352 e. The normalized spacial score (nSPS) is 23.1. The van der Waals surface area contributed by atoms with Gasteiger partial charge in [-0.15, -0.1) is 0 Å². The average Bonchev–Trinajstić information content (AvgIpc) is 2.62. The van der Waals surface area contributed by atoms with Crippen LogP contribution in [-0.2, 0) is 4.79 Å². The van der Waals surface area contributed by atoms with Crippen molar-refractivity contribution in [2.24, 2.45) is 0 Å². The summed E-state index contributed by atoms with van der Waals surface area (Å²) in [5.41, 5.74) is 0. The van der Waals surface area contributed by atoms with Crippen molar-refractivity contribution in [3.05, 3.63) is 24.1 Å². The first-order chi connectivity index (χ1) is 12.7. The van der Waals surface area contributed by atoms with Crippen molar-refractivity contribution in [2.45, 2.75) is 25.3 Å². The van der Waals surface area contributed by atoms with Crippen LogP contribution in [0, 0.1) is 5.82 Å². The number of carbonyl (C=O) groups excluding carboxylic acids is 1. The molecule has 1 aliphatic carbocycles. The molecule has 4 rings (SSSR count). The van der Waals surface area contributed by atoms with E-state index < -0.39 is 0 Å². The third kappa shape index (κ3) is 3.83. The summed E-state index contributed by atoms with van der Waals surface area (Å²) in [6, 6.07) is 3.83. The number of rotatable bonds is 4. The smallest absolute Gasteiger partial charge is 0.236 e. The van der Waals surface area contributed by atoms with E-state index in [0.717, 1.165) is 45.3 Å². The molecule has 1 saturated carbocycles. The molecule has 2 saturated heterocycles.